The van der Waals surface area contributed by atoms with Crippen LogP contribution in [-0.4, -0.2) is 51.8 Å². The van der Waals surface area contributed by atoms with Gasteiger partial charge in [-0.3, -0.25) is 9.69 Å². The van der Waals surface area contributed by atoms with Crippen molar-refractivity contribution in [1.29, 1.82) is 0 Å². The lowest BCUT2D eigenvalue weighted by atomic mass is 10.0. The molecule has 1 aromatic heterocycles. The van der Waals surface area contributed by atoms with Gasteiger partial charge in [0.15, 0.2) is 0 Å². The number of H-pyrrole nitrogens is 1. The summed E-state index contributed by atoms with van der Waals surface area (Å²) in [6.07, 6.45) is 0.943. The number of carboxylic acid groups (broad SMARTS) is 1. The molecule has 7 nitrogen and oxygen atoms in total. The van der Waals surface area contributed by atoms with E-state index >= 15 is 0 Å². The Balaban J connectivity index is 1.64. The number of aliphatic carboxylic acids is 1. The summed E-state index contributed by atoms with van der Waals surface area (Å²) >= 11 is 0. The van der Waals surface area contributed by atoms with Crippen LogP contribution in [0.5, 0.6) is 0 Å². The number of hydrogen-bond acceptors (Lipinski definition) is 4. The molecule has 2 aromatic rings. The number of rotatable bonds is 4. The zero-order valence-corrected chi connectivity index (χ0v) is 16.0. The molecule has 1 saturated heterocycles. The van der Waals surface area contributed by atoms with Gasteiger partial charge in [-0.25, -0.2) is 4.79 Å². The van der Waals surface area contributed by atoms with Gasteiger partial charge in [0.05, 0.1) is 0 Å². The van der Waals surface area contributed by atoms with Crippen LogP contribution >= 0.6 is 0 Å². The lowest BCUT2D eigenvalue weighted by molar-refractivity contribution is -0.144. The van der Waals surface area contributed by atoms with Crippen LogP contribution in [0.25, 0.3) is 10.9 Å². The van der Waals surface area contributed by atoms with E-state index in [0.717, 1.165) is 10.9 Å². The average molecular weight is 373 g/mol. The highest BCUT2D eigenvalue weighted by Gasteiger charge is 2.33. The van der Waals surface area contributed by atoms with Gasteiger partial charge in [0.1, 0.15) is 11.6 Å². The van der Waals surface area contributed by atoms with E-state index in [1.807, 2.05) is 56.0 Å². The summed E-state index contributed by atoms with van der Waals surface area (Å²) in [5.41, 5.74) is 1.08. The monoisotopic (exact) mass is 373 g/mol. The van der Waals surface area contributed by atoms with E-state index in [9.17, 15) is 14.7 Å². The second-order valence-electron chi connectivity index (χ2n) is 8.01. The van der Waals surface area contributed by atoms with E-state index < -0.39 is 23.7 Å². The van der Waals surface area contributed by atoms with Crippen LogP contribution < -0.4 is 5.32 Å². The Hall–Kier alpha value is -2.54. The molecule has 1 amide bonds. The topological polar surface area (TPSA) is 94.7 Å². The number of ether oxygens (including phenoxy) is 1. The van der Waals surface area contributed by atoms with Crippen molar-refractivity contribution in [3.8, 4) is 0 Å². The summed E-state index contributed by atoms with van der Waals surface area (Å²) in [5.74, 6) is -0.875. The number of benzene rings is 1. The Kier molecular flexibility index (Phi) is 5.41. The zero-order chi connectivity index (χ0) is 19.6. The molecule has 27 heavy (non-hydrogen) atoms. The van der Waals surface area contributed by atoms with E-state index in [4.69, 9.17) is 4.74 Å². The van der Waals surface area contributed by atoms with Gasteiger partial charge in [0.25, 0.3) is 0 Å². The summed E-state index contributed by atoms with van der Waals surface area (Å²) in [4.78, 5) is 29.0. The second-order valence-corrected chi connectivity index (χ2v) is 8.01. The minimum Gasteiger partial charge on any atom is -0.480 e. The predicted molar refractivity (Wildman–Crippen MR) is 103 cm³/mol. The Morgan fingerprint density at radius 2 is 1.93 bits per heavy atom. The second kappa shape index (κ2) is 7.60. The summed E-state index contributed by atoms with van der Waals surface area (Å²) in [6, 6.07) is 8.93. The minimum atomic E-state index is -0.875. The molecule has 2 heterocycles. The van der Waals surface area contributed by atoms with Crippen LogP contribution in [0.2, 0.25) is 0 Å². The van der Waals surface area contributed by atoms with E-state index in [0.29, 0.717) is 31.6 Å². The molecule has 1 aliphatic rings. The number of nitrogens with zero attached hydrogens (tertiary/aromatic N) is 1. The number of carbonyl (C=O) groups is 2. The highest BCUT2D eigenvalue weighted by molar-refractivity contribution is 5.83. The van der Waals surface area contributed by atoms with Gasteiger partial charge in [-0.2, -0.15) is 0 Å². The minimum absolute atomic E-state index is 0.00624. The molecule has 0 spiro atoms. The molecule has 0 bridgehead atoms. The first-order valence-electron chi connectivity index (χ1n) is 9.27. The predicted octanol–water partition coefficient (Wildman–Crippen LogP) is 3.28. The van der Waals surface area contributed by atoms with Gasteiger partial charge in [0, 0.05) is 30.3 Å². The van der Waals surface area contributed by atoms with Crippen LogP contribution in [0, 0.1) is 0 Å². The van der Waals surface area contributed by atoms with Crippen molar-refractivity contribution in [3.05, 3.63) is 36.0 Å². The van der Waals surface area contributed by atoms with E-state index in [2.05, 4.69) is 10.3 Å². The molecule has 1 aliphatic heterocycles. The fourth-order valence-electron chi connectivity index (χ4n) is 3.51. The number of carboxylic acids is 1. The van der Waals surface area contributed by atoms with Gasteiger partial charge in [0.2, 0.25) is 0 Å². The summed E-state index contributed by atoms with van der Waals surface area (Å²) < 4.78 is 5.29. The number of amides is 1. The first-order valence-corrected chi connectivity index (χ1v) is 9.27. The van der Waals surface area contributed by atoms with Crippen LogP contribution in [0.4, 0.5) is 4.79 Å². The highest BCUT2D eigenvalue weighted by Crippen LogP contribution is 2.27. The lowest BCUT2D eigenvalue weighted by Crippen LogP contribution is -2.48. The third-order valence-corrected chi connectivity index (χ3v) is 4.69. The van der Waals surface area contributed by atoms with E-state index in [1.54, 1.807) is 0 Å². The molecule has 0 saturated carbocycles. The van der Waals surface area contributed by atoms with Crippen LogP contribution in [0.15, 0.2) is 30.3 Å². The maximum Gasteiger partial charge on any atom is 0.407 e. The number of aromatic nitrogens is 1. The molecule has 146 valence electrons. The van der Waals surface area contributed by atoms with Crippen molar-refractivity contribution in [1.82, 2.24) is 15.2 Å². The van der Waals surface area contributed by atoms with Crippen LogP contribution in [0.1, 0.15) is 45.3 Å². The SMILES string of the molecule is CC(C)(C)OC(=O)NC1CCN([C@H](C(=O)O)c2cc3ccccc3[nH]2)CC1. The molecule has 1 aromatic carbocycles. The van der Waals surface area contributed by atoms with Gasteiger partial charge in [-0.1, -0.05) is 18.2 Å². The standard InChI is InChI=1S/C20H27N3O4/c1-20(2,3)27-19(26)21-14-8-10-23(11-9-14)17(18(24)25)16-12-13-6-4-5-7-15(13)22-16/h4-7,12,14,17,22H,8-11H2,1-3H3,(H,21,26)(H,24,25)/t17-/m0/s1. The van der Waals surface area contributed by atoms with Crippen molar-refractivity contribution in [2.45, 2.75) is 51.3 Å². The number of likely N-dealkylation sites (tertiary alicyclic amines) is 1. The number of aromatic amines is 1. The van der Waals surface area contributed by atoms with Gasteiger partial charge >= 0.3 is 12.1 Å². The molecule has 0 aliphatic carbocycles. The fraction of sp³-hybridized carbons (Fsp3) is 0.500. The van der Waals surface area contributed by atoms with Crippen molar-refractivity contribution in [2.24, 2.45) is 0 Å². The Bertz CT molecular complexity index is 783. The first kappa shape index (κ1) is 19.2. The Morgan fingerprint density at radius 1 is 1.26 bits per heavy atom. The molecule has 3 rings (SSSR count). The number of piperidine rings is 1. The van der Waals surface area contributed by atoms with Gasteiger partial charge in [-0.05, 0) is 51.1 Å². The molecule has 0 unspecified atom stereocenters. The van der Waals surface area contributed by atoms with Crippen LogP contribution in [0.3, 0.4) is 0 Å². The summed E-state index contributed by atoms with van der Waals surface area (Å²) in [7, 11) is 0. The fourth-order valence-corrected chi connectivity index (χ4v) is 3.51. The van der Waals surface area contributed by atoms with Crippen LogP contribution in [-0.2, 0) is 9.53 Å². The quantitative estimate of drug-likeness (QED) is 0.764. The maximum absolute atomic E-state index is 11.9. The number of nitrogens with one attached hydrogen (secondary N) is 2. The normalized spacial score (nSPS) is 17.6. The van der Waals surface area contributed by atoms with E-state index in [-0.39, 0.29) is 6.04 Å². The lowest BCUT2D eigenvalue weighted by Gasteiger charge is -2.35. The number of hydrogen-bond donors (Lipinski definition) is 3. The highest BCUT2D eigenvalue weighted by atomic mass is 16.6. The Labute approximate surface area is 158 Å². The average Bonchev–Trinajstić information content (AvgIpc) is 2.97. The van der Waals surface area contributed by atoms with Crippen molar-refractivity contribution in [3.63, 3.8) is 0 Å². The molecule has 1 fully saturated rings. The van der Waals surface area contributed by atoms with E-state index in [1.165, 1.54) is 0 Å². The molecular weight excluding hydrogens is 346 g/mol. The third kappa shape index (κ3) is 4.80. The molecule has 7 heteroatoms. The number of para-hydroxylation sites is 1. The molecule has 0 radical (unpaired) electrons. The van der Waals surface area contributed by atoms with Crippen molar-refractivity contribution >= 4 is 23.0 Å². The first-order chi connectivity index (χ1) is 12.7. The zero-order valence-electron chi connectivity index (χ0n) is 16.0. The number of carbonyl (C=O) groups excluding carboxylic acids is 1. The number of alkyl carbamates (subject to hydrolysis) is 1. The molecule has 1 atom stereocenters. The van der Waals surface area contributed by atoms with Crippen molar-refractivity contribution < 1.29 is 19.4 Å². The Morgan fingerprint density at radius 3 is 2.52 bits per heavy atom. The van der Waals surface area contributed by atoms with Crippen molar-refractivity contribution in [2.75, 3.05) is 13.1 Å². The van der Waals surface area contributed by atoms with Gasteiger partial charge < -0.3 is 20.1 Å². The number of fused-ring (bicyclic) bond motifs is 1. The maximum atomic E-state index is 11.9. The summed E-state index contributed by atoms with van der Waals surface area (Å²) in [6.45, 7) is 6.66. The smallest absolute Gasteiger partial charge is 0.407 e. The van der Waals surface area contributed by atoms with Gasteiger partial charge in [-0.15, -0.1) is 0 Å². The summed E-state index contributed by atoms with van der Waals surface area (Å²) in [5, 5.41) is 13.7. The third-order valence-electron chi connectivity index (χ3n) is 4.69. The molecular formula is C20H27N3O4. The molecule has 3 N–H and O–H groups in total. The largest absolute Gasteiger partial charge is 0.480 e.